The van der Waals surface area contributed by atoms with Gasteiger partial charge in [0.2, 0.25) is 0 Å². The number of hydrogen-bond donors (Lipinski definition) is 0. The van der Waals surface area contributed by atoms with Crippen LogP contribution in [0.4, 0.5) is 5.69 Å². The monoisotopic (exact) mass is 191 g/mol. The molecule has 0 aliphatic carbocycles. The number of rotatable bonds is 1. The molecule has 0 saturated heterocycles. The van der Waals surface area contributed by atoms with Gasteiger partial charge >= 0.3 is 0 Å². The van der Waals surface area contributed by atoms with Crippen molar-refractivity contribution in [2.24, 2.45) is 0 Å². The second kappa shape index (κ2) is 2.83. The molecular formula is C10H9NO3. The first-order valence-corrected chi connectivity index (χ1v) is 4.24. The first kappa shape index (κ1) is 8.74. The van der Waals surface area contributed by atoms with Crippen LogP contribution in [0.15, 0.2) is 22.6 Å². The van der Waals surface area contributed by atoms with Gasteiger partial charge in [-0.3, -0.25) is 10.1 Å². The van der Waals surface area contributed by atoms with Crippen LogP contribution in [0.3, 0.4) is 0 Å². The number of furan rings is 1. The van der Waals surface area contributed by atoms with Crippen LogP contribution in [0.25, 0.3) is 11.0 Å². The third-order valence-corrected chi connectivity index (χ3v) is 2.18. The highest BCUT2D eigenvalue weighted by Gasteiger charge is 2.15. The van der Waals surface area contributed by atoms with Crippen LogP contribution in [0.2, 0.25) is 0 Å². The molecule has 14 heavy (non-hydrogen) atoms. The van der Waals surface area contributed by atoms with Gasteiger partial charge in [0.25, 0.3) is 5.69 Å². The second-order valence-electron chi connectivity index (χ2n) is 3.26. The molecule has 2 aromatic rings. The molecule has 0 aliphatic heterocycles. The van der Waals surface area contributed by atoms with Crippen molar-refractivity contribution < 1.29 is 9.34 Å². The summed E-state index contributed by atoms with van der Waals surface area (Å²) in [6, 6.07) is 4.90. The first-order chi connectivity index (χ1) is 6.59. The van der Waals surface area contributed by atoms with Crippen LogP contribution in [0, 0.1) is 24.0 Å². The number of nitro benzene ring substituents is 1. The number of nitro groups is 1. The molecule has 2 rings (SSSR count). The van der Waals surface area contributed by atoms with Crippen LogP contribution in [-0.4, -0.2) is 4.92 Å². The van der Waals surface area contributed by atoms with Crippen LogP contribution in [-0.2, 0) is 0 Å². The van der Waals surface area contributed by atoms with Gasteiger partial charge in [-0.15, -0.1) is 0 Å². The maximum Gasteiger partial charge on any atom is 0.280 e. The van der Waals surface area contributed by atoms with Gasteiger partial charge in [0.05, 0.1) is 10.3 Å². The normalized spacial score (nSPS) is 10.7. The quantitative estimate of drug-likeness (QED) is 0.514. The Morgan fingerprint density at radius 3 is 2.71 bits per heavy atom. The van der Waals surface area contributed by atoms with E-state index in [-0.39, 0.29) is 5.69 Å². The van der Waals surface area contributed by atoms with E-state index in [1.54, 1.807) is 19.1 Å². The molecule has 0 fully saturated rings. The van der Waals surface area contributed by atoms with E-state index in [4.69, 9.17) is 4.42 Å². The topological polar surface area (TPSA) is 56.3 Å². The third-order valence-electron chi connectivity index (χ3n) is 2.18. The summed E-state index contributed by atoms with van der Waals surface area (Å²) in [6.45, 7) is 3.65. The predicted molar refractivity (Wildman–Crippen MR) is 52.3 cm³/mol. The fourth-order valence-electron chi connectivity index (χ4n) is 1.53. The number of benzene rings is 1. The first-order valence-electron chi connectivity index (χ1n) is 4.24. The minimum Gasteiger partial charge on any atom is -0.461 e. The van der Waals surface area contributed by atoms with Crippen molar-refractivity contribution in [2.45, 2.75) is 13.8 Å². The summed E-state index contributed by atoms with van der Waals surface area (Å²) >= 11 is 0. The van der Waals surface area contributed by atoms with Gasteiger partial charge in [0.15, 0.2) is 0 Å². The number of hydrogen-bond acceptors (Lipinski definition) is 3. The standard InChI is InChI=1S/C10H9NO3/c1-6-3-4-9(11(12)13)8-5-7(2)14-10(6)8/h3-5H,1-2H3. The third kappa shape index (κ3) is 1.16. The van der Waals surface area contributed by atoms with Gasteiger partial charge in [-0.25, -0.2) is 0 Å². The van der Waals surface area contributed by atoms with Gasteiger partial charge in [-0.2, -0.15) is 0 Å². The van der Waals surface area contributed by atoms with E-state index in [2.05, 4.69) is 0 Å². The SMILES string of the molecule is Cc1cc2c([N+](=O)[O-])ccc(C)c2o1. The van der Waals surface area contributed by atoms with Gasteiger partial charge in [0.1, 0.15) is 11.3 Å². The Balaban J connectivity index is 2.87. The molecule has 0 N–H and O–H groups in total. The summed E-state index contributed by atoms with van der Waals surface area (Å²) < 4.78 is 5.39. The van der Waals surface area contributed by atoms with Crippen molar-refractivity contribution in [3.05, 3.63) is 39.6 Å². The zero-order valence-electron chi connectivity index (χ0n) is 7.90. The van der Waals surface area contributed by atoms with E-state index >= 15 is 0 Å². The lowest BCUT2D eigenvalue weighted by molar-refractivity contribution is -0.383. The molecular weight excluding hydrogens is 182 g/mol. The molecule has 0 radical (unpaired) electrons. The Morgan fingerprint density at radius 2 is 2.07 bits per heavy atom. The fraction of sp³-hybridized carbons (Fsp3) is 0.200. The van der Waals surface area contributed by atoms with Crippen molar-refractivity contribution in [1.82, 2.24) is 0 Å². The Kier molecular flexibility index (Phi) is 1.77. The minimum atomic E-state index is -0.392. The summed E-state index contributed by atoms with van der Waals surface area (Å²) in [5, 5.41) is 11.3. The average Bonchev–Trinajstić information content (AvgIpc) is 2.47. The molecule has 0 atom stereocenters. The van der Waals surface area contributed by atoms with Crippen molar-refractivity contribution in [1.29, 1.82) is 0 Å². The zero-order valence-corrected chi connectivity index (χ0v) is 7.90. The van der Waals surface area contributed by atoms with Crippen LogP contribution in [0.5, 0.6) is 0 Å². The van der Waals surface area contributed by atoms with Gasteiger partial charge < -0.3 is 4.42 Å². The van der Waals surface area contributed by atoms with Crippen LogP contribution < -0.4 is 0 Å². The fourth-order valence-corrected chi connectivity index (χ4v) is 1.53. The molecule has 72 valence electrons. The zero-order chi connectivity index (χ0) is 10.3. The summed E-state index contributed by atoms with van der Waals surface area (Å²) in [5.74, 6) is 0.692. The van der Waals surface area contributed by atoms with Gasteiger partial charge in [0, 0.05) is 6.07 Å². The minimum absolute atomic E-state index is 0.0995. The van der Waals surface area contributed by atoms with Crippen molar-refractivity contribution >= 4 is 16.7 Å². The van der Waals surface area contributed by atoms with E-state index in [9.17, 15) is 10.1 Å². The van der Waals surface area contributed by atoms with Crippen molar-refractivity contribution in [3.63, 3.8) is 0 Å². The smallest absolute Gasteiger partial charge is 0.280 e. The average molecular weight is 191 g/mol. The lowest BCUT2D eigenvalue weighted by Crippen LogP contribution is -1.88. The maximum absolute atomic E-state index is 10.7. The van der Waals surface area contributed by atoms with Gasteiger partial charge in [-0.05, 0) is 31.5 Å². The van der Waals surface area contributed by atoms with E-state index in [0.29, 0.717) is 16.7 Å². The Bertz CT molecular complexity index is 513. The molecule has 1 aromatic carbocycles. The van der Waals surface area contributed by atoms with E-state index < -0.39 is 4.92 Å². The molecule has 0 saturated carbocycles. The molecule has 0 spiro atoms. The molecule has 0 amide bonds. The summed E-state index contributed by atoms with van der Waals surface area (Å²) in [5.41, 5.74) is 1.62. The molecule has 0 bridgehead atoms. The molecule has 1 heterocycles. The number of nitrogens with zero attached hydrogens (tertiary/aromatic N) is 1. The van der Waals surface area contributed by atoms with Crippen LogP contribution in [0.1, 0.15) is 11.3 Å². The summed E-state index contributed by atoms with van der Waals surface area (Å²) in [7, 11) is 0. The number of aryl methyl sites for hydroxylation is 2. The Labute approximate surface area is 80.3 Å². The van der Waals surface area contributed by atoms with Crippen molar-refractivity contribution in [2.75, 3.05) is 0 Å². The summed E-state index contributed by atoms with van der Waals surface area (Å²) in [4.78, 5) is 10.3. The van der Waals surface area contributed by atoms with E-state index in [0.717, 1.165) is 5.56 Å². The molecule has 4 heteroatoms. The largest absolute Gasteiger partial charge is 0.461 e. The highest BCUT2D eigenvalue weighted by molar-refractivity contribution is 5.89. The molecule has 1 aromatic heterocycles. The highest BCUT2D eigenvalue weighted by atomic mass is 16.6. The van der Waals surface area contributed by atoms with Crippen molar-refractivity contribution in [3.8, 4) is 0 Å². The molecule has 0 aliphatic rings. The predicted octanol–water partition coefficient (Wildman–Crippen LogP) is 2.96. The maximum atomic E-state index is 10.7. The Hall–Kier alpha value is -1.84. The Morgan fingerprint density at radius 1 is 1.36 bits per heavy atom. The van der Waals surface area contributed by atoms with E-state index in [1.807, 2.05) is 6.92 Å². The molecule has 4 nitrogen and oxygen atoms in total. The second-order valence-corrected chi connectivity index (χ2v) is 3.26. The van der Waals surface area contributed by atoms with E-state index in [1.165, 1.54) is 6.07 Å². The number of fused-ring (bicyclic) bond motifs is 1. The molecule has 0 unspecified atom stereocenters. The van der Waals surface area contributed by atoms with Crippen LogP contribution >= 0.6 is 0 Å². The highest BCUT2D eigenvalue weighted by Crippen LogP contribution is 2.30. The van der Waals surface area contributed by atoms with Gasteiger partial charge in [-0.1, -0.05) is 0 Å². The summed E-state index contributed by atoms with van der Waals surface area (Å²) in [6.07, 6.45) is 0. The number of non-ortho nitro benzene ring substituents is 1. The lowest BCUT2D eigenvalue weighted by Gasteiger charge is -1.95. The lowest BCUT2D eigenvalue weighted by atomic mass is 10.1.